The Morgan fingerprint density at radius 1 is 1.46 bits per heavy atom. The van der Waals surface area contributed by atoms with Crippen molar-refractivity contribution in [1.82, 2.24) is 9.88 Å². The molecule has 1 fully saturated rings. The van der Waals surface area contributed by atoms with Crippen molar-refractivity contribution < 1.29 is 14.6 Å². The van der Waals surface area contributed by atoms with E-state index in [9.17, 15) is 9.90 Å². The number of aliphatic carboxylic acids is 1. The van der Waals surface area contributed by atoms with Gasteiger partial charge < -0.3 is 14.7 Å². The fraction of sp³-hybridized carbons (Fsp3) is 0.667. The number of anilines is 1. The Labute approximate surface area is 144 Å². The fourth-order valence-corrected chi connectivity index (χ4v) is 3.44. The molecule has 134 valence electrons. The smallest absolute Gasteiger partial charge is 0.310 e. The predicted octanol–water partition coefficient (Wildman–Crippen LogP) is 2.24. The van der Waals surface area contributed by atoms with Crippen LogP contribution in [0.5, 0.6) is 0 Å². The number of methoxy groups -OCH3 is 1. The lowest BCUT2D eigenvalue weighted by Gasteiger charge is -2.40. The monoisotopic (exact) mass is 335 g/mol. The highest BCUT2D eigenvalue weighted by atomic mass is 16.5. The molecule has 0 bridgehead atoms. The molecule has 0 aliphatic carbocycles. The number of hydrogen-bond donors (Lipinski definition) is 1. The van der Waals surface area contributed by atoms with Gasteiger partial charge in [-0.15, -0.1) is 0 Å². The van der Waals surface area contributed by atoms with E-state index in [-0.39, 0.29) is 0 Å². The van der Waals surface area contributed by atoms with E-state index in [1.165, 1.54) is 0 Å². The van der Waals surface area contributed by atoms with Gasteiger partial charge >= 0.3 is 5.97 Å². The molecule has 2 rings (SSSR count). The molecule has 1 aromatic rings. The Morgan fingerprint density at radius 3 is 2.83 bits per heavy atom. The maximum absolute atomic E-state index is 11.9. The van der Waals surface area contributed by atoms with Gasteiger partial charge in [0.25, 0.3) is 0 Å². The molecule has 2 heterocycles. The number of ether oxygens (including phenoxy) is 1. The topological polar surface area (TPSA) is 65.9 Å². The third-order valence-corrected chi connectivity index (χ3v) is 4.79. The highest BCUT2D eigenvalue weighted by Gasteiger charge is 2.41. The first kappa shape index (κ1) is 18.7. The molecule has 0 amide bonds. The number of nitrogens with zero attached hydrogens (tertiary/aromatic N) is 3. The van der Waals surface area contributed by atoms with Crippen LogP contribution in [0.1, 0.15) is 31.2 Å². The lowest BCUT2D eigenvalue weighted by Crippen LogP contribution is -2.47. The minimum Gasteiger partial charge on any atom is -0.481 e. The van der Waals surface area contributed by atoms with Gasteiger partial charge in [-0.2, -0.15) is 0 Å². The fourth-order valence-electron chi connectivity index (χ4n) is 3.44. The predicted molar refractivity (Wildman–Crippen MR) is 94.3 cm³/mol. The second kappa shape index (κ2) is 8.44. The molecule has 0 aromatic carbocycles. The summed E-state index contributed by atoms with van der Waals surface area (Å²) in [6.45, 7) is 2.90. The zero-order valence-electron chi connectivity index (χ0n) is 15.0. The number of carboxylic acid groups (broad SMARTS) is 1. The standard InChI is InChI=1S/C18H29N3O3/c1-20(2)16-7-6-15(12-19-16)13-21-10-4-8-18(14-21,17(22)23)9-5-11-24-3/h6-7,12H,4-5,8-11,13-14H2,1-3H3,(H,22,23)/t18-/m0/s1. The molecule has 1 N–H and O–H groups in total. The summed E-state index contributed by atoms with van der Waals surface area (Å²) in [5, 5.41) is 9.78. The zero-order valence-corrected chi connectivity index (χ0v) is 15.0. The van der Waals surface area contributed by atoms with E-state index in [0.717, 1.165) is 43.7 Å². The van der Waals surface area contributed by atoms with Gasteiger partial charge in [0.15, 0.2) is 0 Å². The minimum absolute atomic E-state index is 0.599. The summed E-state index contributed by atoms with van der Waals surface area (Å²) in [5.41, 5.74) is 0.479. The Bertz CT molecular complexity index is 533. The molecule has 1 atom stereocenters. The number of piperidine rings is 1. The molecule has 1 aliphatic heterocycles. The van der Waals surface area contributed by atoms with Crippen molar-refractivity contribution in [1.29, 1.82) is 0 Å². The van der Waals surface area contributed by atoms with Gasteiger partial charge in [0.2, 0.25) is 0 Å². The average Bonchev–Trinajstić information content (AvgIpc) is 2.56. The second-order valence-electron chi connectivity index (χ2n) is 6.92. The van der Waals surface area contributed by atoms with Crippen LogP contribution in [0.3, 0.4) is 0 Å². The van der Waals surface area contributed by atoms with Crippen LogP contribution >= 0.6 is 0 Å². The summed E-state index contributed by atoms with van der Waals surface area (Å²) < 4.78 is 5.09. The van der Waals surface area contributed by atoms with E-state index in [2.05, 4.69) is 16.0 Å². The lowest BCUT2D eigenvalue weighted by molar-refractivity contribution is -0.153. The summed E-state index contributed by atoms with van der Waals surface area (Å²) >= 11 is 0. The van der Waals surface area contributed by atoms with Crippen molar-refractivity contribution in [2.75, 3.05) is 45.8 Å². The summed E-state index contributed by atoms with van der Waals surface area (Å²) in [7, 11) is 5.59. The van der Waals surface area contributed by atoms with Gasteiger partial charge in [0, 0.05) is 47.1 Å². The minimum atomic E-state index is -0.676. The van der Waals surface area contributed by atoms with Gasteiger partial charge in [0.05, 0.1) is 5.41 Å². The number of hydrogen-bond acceptors (Lipinski definition) is 5. The van der Waals surface area contributed by atoms with E-state index in [1.807, 2.05) is 31.3 Å². The van der Waals surface area contributed by atoms with Crippen molar-refractivity contribution in [2.45, 2.75) is 32.2 Å². The second-order valence-corrected chi connectivity index (χ2v) is 6.92. The molecular formula is C18H29N3O3. The van der Waals surface area contributed by atoms with Crippen molar-refractivity contribution in [3.8, 4) is 0 Å². The largest absolute Gasteiger partial charge is 0.481 e. The third kappa shape index (κ3) is 4.68. The molecule has 6 nitrogen and oxygen atoms in total. The number of carboxylic acids is 1. The van der Waals surface area contributed by atoms with Crippen LogP contribution in [0.2, 0.25) is 0 Å². The van der Waals surface area contributed by atoms with E-state index in [0.29, 0.717) is 19.6 Å². The number of aromatic nitrogens is 1. The van der Waals surface area contributed by atoms with Crippen molar-refractivity contribution >= 4 is 11.8 Å². The number of pyridine rings is 1. The van der Waals surface area contributed by atoms with Crippen LogP contribution in [0, 0.1) is 5.41 Å². The van der Waals surface area contributed by atoms with E-state index in [4.69, 9.17) is 4.74 Å². The van der Waals surface area contributed by atoms with Crippen molar-refractivity contribution in [3.63, 3.8) is 0 Å². The Balaban J connectivity index is 2.01. The van der Waals surface area contributed by atoms with E-state index in [1.54, 1.807) is 7.11 Å². The molecule has 0 unspecified atom stereocenters. The van der Waals surface area contributed by atoms with Crippen LogP contribution < -0.4 is 4.90 Å². The SMILES string of the molecule is COCCC[C@@]1(C(=O)O)CCCN(Cc2ccc(N(C)C)nc2)C1. The molecule has 6 heteroatoms. The lowest BCUT2D eigenvalue weighted by atomic mass is 9.76. The molecule has 0 spiro atoms. The van der Waals surface area contributed by atoms with E-state index >= 15 is 0 Å². The van der Waals surface area contributed by atoms with Gasteiger partial charge in [-0.3, -0.25) is 9.69 Å². The first-order valence-corrected chi connectivity index (χ1v) is 8.54. The molecule has 1 saturated heterocycles. The highest BCUT2D eigenvalue weighted by Crippen LogP contribution is 2.35. The van der Waals surface area contributed by atoms with Gasteiger partial charge in [-0.1, -0.05) is 6.07 Å². The average molecular weight is 335 g/mol. The maximum Gasteiger partial charge on any atom is 0.310 e. The first-order chi connectivity index (χ1) is 11.5. The highest BCUT2D eigenvalue weighted by molar-refractivity contribution is 5.75. The van der Waals surface area contributed by atoms with Crippen LogP contribution in [-0.4, -0.2) is 61.9 Å². The Morgan fingerprint density at radius 2 is 2.25 bits per heavy atom. The van der Waals surface area contributed by atoms with Crippen LogP contribution in [0.4, 0.5) is 5.82 Å². The number of likely N-dealkylation sites (tertiary alicyclic amines) is 1. The summed E-state index contributed by atoms with van der Waals surface area (Å²) in [5.74, 6) is 0.251. The van der Waals surface area contributed by atoms with Crippen LogP contribution in [0.25, 0.3) is 0 Å². The van der Waals surface area contributed by atoms with Crippen molar-refractivity contribution in [3.05, 3.63) is 23.9 Å². The molecular weight excluding hydrogens is 306 g/mol. The Kier molecular flexibility index (Phi) is 6.57. The van der Waals surface area contributed by atoms with Gasteiger partial charge in [0.1, 0.15) is 5.82 Å². The summed E-state index contributed by atoms with van der Waals surface area (Å²) in [6.07, 6.45) is 5.01. The number of carbonyl (C=O) groups is 1. The molecule has 0 radical (unpaired) electrons. The maximum atomic E-state index is 11.9. The van der Waals surface area contributed by atoms with Gasteiger partial charge in [-0.05, 0) is 43.9 Å². The quantitative estimate of drug-likeness (QED) is 0.735. The molecule has 1 aliphatic rings. The third-order valence-electron chi connectivity index (χ3n) is 4.79. The Hall–Kier alpha value is -1.66. The van der Waals surface area contributed by atoms with E-state index < -0.39 is 11.4 Å². The summed E-state index contributed by atoms with van der Waals surface area (Å²) in [6, 6.07) is 4.08. The molecule has 0 saturated carbocycles. The van der Waals surface area contributed by atoms with Gasteiger partial charge in [-0.25, -0.2) is 4.98 Å². The van der Waals surface area contributed by atoms with Crippen LogP contribution in [-0.2, 0) is 16.1 Å². The van der Waals surface area contributed by atoms with Crippen molar-refractivity contribution in [2.24, 2.45) is 5.41 Å². The number of rotatable bonds is 8. The molecule has 24 heavy (non-hydrogen) atoms. The van der Waals surface area contributed by atoms with Crippen LogP contribution in [0.15, 0.2) is 18.3 Å². The zero-order chi connectivity index (χ0) is 17.6. The molecule has 1 aromatic heterocycles. The normalized spacial score (nSPS) is 21.6. The summed E-state index contributed by atoms with van der Waals surface area (Å²) in [4.78, 5) is 20.6. The first-order valence-electron chi connectivity index (χ1n) is 8.54.